The van der Waals surface area contributed by atoms with Gasteiger partial charge in [0, 0.05) is 44.4 Å². The molecule has 164 valence electrons. The van der Waals surface area contributed by atoms with E-state index in [1.807, 2.05) is 31.2 Å². The molecule has 1 aliphatic heterocycles. The number of fused-ring (bicyclic) bond motifs is 1. The number of hydrogen-bond acceptors (Lipinski definition) is 4. The van der Waals surface area contributed by atoms with Gasteiger partial charge in [-0.05, 0) is 47.5 Å². The zero-order valence-electron chi connectivity index (χ0n) is 17.8. The van der Waals surface area contributed by atoms with Gasteiger partial charge >= 0.3 is 0 Å². The van der Waals surface area contributed by atoms with Gasteiger partial charge in [-0.15, -0.1) is 0 Å². The molecule has 1 saturated heterocycles. The lowest BCUT2D eigenvalue weighted by molar-refractivity contribution is -0.384. The van der Waals surface area contributed by atoms with Gasteiger partial charge in [0.25, 0.3) is 5.69 Å². The van der Waals surface area contributed by atoms with Crippen molar-refractivity contribution in [3.05, 3.63) is 93.8 Å². The topological polar surface area (TPSA) is 66.7 Å². The largest absolute Gasteiger partial charge is 0.334 e. The molecule has 32 heavy (non-hydrogen) atoms. The number of nitro benzene ring substituents is 1. The Morgan fingerprint density at radius 1 is 1.12 bits per heavy atom. The van der Waals surface area contributed by atoms with Crippen LogP contribution in [0.3, 0.4) is 0 Å². The lowest BCUT2D eigenvalue weighted by atomic mass is 10.0. The Hall–Kier alpha value is -3.58. The highest BCUT2D eigenvalue weighted by molar-refractivity contribution is 5.95. The van der Waals surface area contributed by atoms with Crippen LogP contribution in [0.25, 0.3) is 16.8 Å². The first-order valence-corrected chi connectivity index (χ1v) is 10.5. The number of benzene rings is 3. The second kappa shape index (κ2) is 9.28. The molecule has 1 heterocycles. The summed E-state index contributed by atoms with van der Waals surface area (Å²) in [6.07, 6.45) is 2.95. The van der Waals surface area contributed by atoms with Crippen LogP contribution in [-0.2, 0) is 11.3 Å². The number of rotatable bonds is 5. The normalized spacial score (nSPS) is 17.2. The summed E-state index contributed by atoms with van der Waals surface area (Å²) in [5.74, 6) is -0.419. The first kappa shape index (κ1) is 21.6. The zero-order chi connectivity index (χ0) is 22.7. The maximum atomic E-state index is 13.1. The molecule has 4 rings (SSSR count). The Kier molecular flexibility index (Phi) is 6.28. The summed E-state index contributed by atoms with van der Waals surface area (Å²) in [5.41, 5.74) is 1.41. The van der Waals surface area contributed by atoms with Gasteiger partial charge in [-0.1, -0.05) is 36.4 Å². The summed E-state index contributed by atoms with van der Waals surface area (Å²) in [6, 6.07) is 17.2. The van der Waals surface area contributed by atoms with Crippen molar-refractivity contribution < 1.29 is 14.1 Å². The highest BCUT2D eigenvalue weighted by atomic mass is 19.1. The minimum atomic E-state index is -0.423. The summed E-state index contributed by atoms with van der Waals surface area (Å²) in [6.45, 7) is 4.66. The van der Waals surface area contributed by atoms with Crippen molar-refractivity contribution in [1.29, 1.82) is 0 Å². The van der Waals surface area contributed by atoms with Gasteiger partial charge in [0.2, 0.25) is 5.91 Å². The van der Waals surface area contributed by atoms with E-state index in [4.69, 9.17) is 0 Å². The van der Waals surface area contributed by atoms with Crippen molar-refractivity contribution in [2.24, 2.45) is 0 Å². The van der Waals surface area contributed by atoms with Crippen LogP contribution in [0.2, 0.25) is 0 Å². The number of hydrogen-bond donors (Lipinski definition) is 0. The fourth-order valence-electron chi connectivity index (χ4n) is 4.15. The Bertz CT molecular complexity index is 1180. The SMILES string of the molecule is C[C@@H]1CN(Cc2ccc(F)cc2)CCN1C(=O)C=Cc1cc2ccccc2cc1[N+](=O)[O-]. The molecular weight excluding hydrogens is 409 g/mol. The van der Waals surface area contributed by atoms with E-state index in [1.165, 1.54) is 30.4 Å². The Morgan fingerprint density at radius 2 is 1.81 bits per heavy atom. The number of nitro groups is 1. The van der Waals surface area contributed by atoms with E-state index >= 15 is 0 Å². The van der Waals surface area contributed by atoms with Crippen molar-refractivity contribution in [1.82, 2.24) is 9.80 Å². The molecule has 7 heteroatoms. The minimum absolute atomic E-state index is 0.00654. The molecule has 1 aliphatic rings. The molecule has 0 aromatic heterocycles. The van der Waals surface area contributed by atoms with Gasteiger partial charge in [-0.2, -0.15) is 0 Å². The Labute approximate surface area is 185 Å². The molecule has 6 nitrogen and oxygen atoms in total. The van der Waals surface area contributed by atoms with E-state index in [-0.39, 0.29) is 23.5 Å². The first-order valence-electron chi connectivity index (χ1n) is 10.5. The fourth-order valence-corrected chi connectivity index (χ4v) is 4.15. The fraction of sp³-hybridized carbons (Fsp3) is 0.240. The summed E-state index contributed by atoms with van der Waals surface area (Å²) >= 11 is 0. The number of halogens is 1. The number of amides is 1. The first-order chi connectivity index (χ1) is 15.4. The highest BCUT2D eigenvalue weighted by Crippen LogP contribution is 2.27. The molecule has 0 bridgehead atoms. The van der Waals surface area contributed by atoms with Crippen molar-refractivity contribution in [3.63, 3.8) is 0 Å². The third-order valence-corrected chi connectivity index (χ3v) is 5.81. The summed E-state index contributed by atoms with van der Waals surface area (Å²) in [4.78, 5) is 28.0. The van der Waals surface area contributed by atoms with Crippen molar-refractivity contribution in [2.45, 2.75) is 19.5 Å². The summed E-state index contributed by atoms with van der Waals surface area (Å²) in [7, 11) is 0. The molecule has 0 aliphatic carbocycles. The Balaban J connectivity index is 1.44. The lowest BCUT2D eigenvalue weighted by Gasteiger charge is -2.39. The smallest absolute Gasteiger partial charge is 0.277 e. The number of carbonyl (C=O) groups excluding carboxylic acids is 1. The predicted molar refractivity (Wildman–Crippen MR) is 122 cm³/mol. The van der Waals surface area contributed by atoms with Crippen LogP contribution in [0.4, 0.5) is 10.1 Å². The van der Waals surface area contributed by atoms with E-state index in [2.05, 4.69) is 4.90 Å². The second-order valence-electron chi connectivity index (χ2n) is 8.09. The molecular formula is C25H24FN3O3. The standard InChI is InChI=1S/C25H24FN3O3/c1-18-16-27(17-19-6-9-23(26)10-7-19)12-13-28(18)25(30)11-8-22-14-20-4-2-3-5-21(20)15-24(22)29(31)32/h2-11,14-15,18H,12-13,16-17H2,1H3/t18-/m1/s1. The van der Waals surface area contributed by atoms with E-state index in [9.17, 15) is 19.3 Å². The minimum Gasteiger partial charge on any atom is -0.334 e. The predicted octanol–water partition coefficient (Wildman–Crippen LogP) is 4.63. The van der Waals surface area contributed by atoms with E-state index in [0.29, 0.717) is 31.7 Å². The quantitative estimate of drug-likeness (QED) is 0.334. The summed E-state index contributed by atoms with van der Waals surface area (Å²) in [5, 5.41) is 13.2. The molecule has 3 aromatic carbocycles. The zero-order valence-corrected chi connectivity index (χ0v) is 17.8. The van der Waals surface area contributed by atoms with E-state index < -0.39 is 4.92 Å². The van der Waals surface area contributed by atoms with Gasteiger partial charge in [-0.3, -0.25) is 19.8 Å². The van der Waals surface area contributed by atoms with Crippen LogP contribution in [0.5, 0.6) is 0 Å². The second-order valence-corrected chi connectivity index (χ2v) is 8.09. The molecule has 1 atom stereocenters. The Morgan fingerprint density at radius 3 is 2.47 bits per heavy atom. The molecule has 0 unspecified atom stereocenters. The van der Waals surface area contributed by atoms with Crippen molar-refractivity contribution in [3.8, 4) is 0 Å². The van der Waals surface area contributed by atoms with Crippen LogP contribution in [0.15, 0.2) is 66.7 Å². The molecule has 0 N–H and O–H groups in total. The maximum absolute atomic E-state index is 13.1. The number of carbonyl (C=O) groups is 1. The molecule has 0 radical (unpaired) electrons. The van der Waals surface area contributed by atoms with Gasteiger partial charge in [-0.25, -0.2) is 4.39 Å². The van der Waals surface area contributed by atoms with Crippen LogP contribution >= 0.6 is 0 Å². The highest BCUT2D eigenvalue weighted by Gasteiger charge is 2.26. The average molecular weight is 433 g/mol. The van der Waals surface area contributed by atoms with Crippen LogP contribution in [-0.4, -0.2) is 46.3 Å². The third-order valence-electron chi connectivity index (χ3n) is 5.81. The molecule has 0 saturated carbocycles. The van der Waals surface area contributed by atoms with Crippen LogP contribution < -0.4 is 0 Å². The van der Waals surface area contributed by atoms with E-state index in [0.717, 1.165) is 16.3 Å². The average Bonchev–Trinajstić information content (AvgIpc) is 2.78. The van der Waals surface area contributed by atoms with Gasteiger partial charge in [0.05, 0.1) is 10.5 Å². The number of piperazine rings is 1. The maximum Gasteiger partial charge on any atom is 0.277 e. The molecule has 1 fully saturated rings. The van der Waals surface area contributed by atoms with Crippen molar-refractivity contribution in [2.75, 3.05) is 19.6 Å². The summed E-state index contributed by atoms with van der Waals surface area (Å²) < 4.78 is 13.1. The van der Waals surface area contributed by atoms with Gasteiger partial charge < -0.3 is 4.90 Å². The van der Waals surface area contributed by atoms with Crippen molar-refractivity contribution >= 4 is 28.4 Å². The van der Waals surface area contributed by atoms with Gasteiger partial charge in [0.15, 0.2) is 0 Å². The van der Waals surface area contributed by atoms with Gasteiger partial charge in [0.1, 0.15) is 5.82 Å². The molecule has 3 aromatic rings. The van der Waals surface area contributed by atoms with Crippen LogP contribution in [0.1, 0.15) is 18.1 Å². The van der Waals surface area contributed by atoms with Crippen LogP contribution in [0, 0.1) is 15.9 Å². The van der Waals surface area contributed by atoms with E-state index in [1.54, 1.807) is 23.1 Å². The lowest BCUT2D eigenvalue weighted by Crippen LogP contribution is -2.53. The molecule has 1 amide bonds. The third kappa shape index (κ3) is 4.84. The monoisotopic (exact) mass is 433 g/mol. The molecule has 0 spiro atoms. The number of nitrogens with zero attached hydrogens (tertiary/aromatic N) is 3.